The van der Waals surface area contributed by atoms with Crippen LogP contribution >= 0.6 is 11.3 Å². The summed E-state index contributed by atoms with van der Waals surface area (Å²) >= 11 is 1.49. The first-order valence-corrected chi connectivity index (χ1v) is 25.5. The SMILES string of the molecule is C=CC(=O)OCCCOc1ccc(-c2ccc(COc3ccc(OCc4ccc5cc(OCCCOCC6CCC7OC7C6)ccc5c4)c(/C=N/N(CCOC(=O)C=C)c4nc5ccccc5s4)c3)cc2)cc1. The van der Waals surface area contributed by atoms with Crippen LogP contribution in [0.2, 0.25) is 0 Å². The predicted molar refractivity (Wildman–Crippen MR) is 285 cm³/mol. The van der Waals surface area contributed by atoms with Crippen molar-refractivity contribution in [3.63, 3.8) is 0 Å². The molecule has 1 aromatic heterocycles. The lowest BCUT2D eigenvalue weighted by atomic mass is 9.90. The molecule has 0 bridgehead atoms. The molecule has 1 aliphatic carbocycles. The van der Waals surface area contributed by atoms with E-state index >= 15 is 0 Å². The van der Waals surface area contributed by atoms with E-state index < -0.39 is 11.9 Å². The third-order valence-electron chi connectivity index (χ3n) is 12.5. The molecule has 14 heteroatoms. The van der Waals surface area contributed by atoms with Gasteiger partial charge in [-0.25, -0.2) is 19.6 Å². The maximum absolute atomic E-state index is 12.0. The Bertz CT molecular complexity index is 2980. The summed E-state index contributed by atoms with van der Waals surface area (Å²) in [7, 11) is 0. The Balaban J connectivity index is 0.844. The van der Waals surface area contributed by atoms with E-state index in [0.717, 1.165) is 86.3 Å². The second kappa shape index (κ2) is 25.2. The van der Waals surface area contributed by atoms with Crippen molar-refractivity contribution in [2.45, 2.75) is 57.5 Å². The van der Waals surface area contributed by atoms with Crippen molar-refractivity contribution in [2.24, 2.45) is 11.0 Å². The number of benzene rings is 6. The van der Waals surface area contributed by atoms with E-state index in [0.29, 0.717) is 79.8 Å². The Morgan fingerprint density at radius 3 is 2.14 bits per heavy atom. The molecular weight excluding hydrogens is 943 g/mol. The monoisotopic (exact) mass is 1000 g/mol. The number of ether oxygens (including phenoxy) is 8. The third kappa shape index (κ3) is 14.6. The molecule has 0 spiro atoms. The van der Waals surface area contributed by atoms with E-state index in [4.69, 9.17) is 48.0 Å². The first-order valence-electron chi connectivity index (χ1n) is 24.7. The van der Waals surface area contributed by atoms with E-state index in [2.05, 4.69) is 55.6 Å². The van der Waals surface area contributed by atoms with Gasteiger partial charge in [0.25, 0.3) is 0 Å². The molecule has 1 saturated heterocycles. The average Bonchev–Trinajstić information content (AvgIpc) is 4.08. The van der Waals surface area contributed by atoms with Gasteiger partial charge in [-0.1, -0.05) is 91.2 Å². The first kappa shape index (κ1) is 50.4. The summed E-state index contributed by atoms with van der Waals surface area (Å²) in [5.74, 6) is 2.45. The Morgan fingerprint density at radius 2 is 1.34 bits per heavy atom. The Morgan fingerprint density at radius 1 is 0.671 bits per heavy atom. The van der Waals surface area contributed by atoms with Crippen LogP contribution in [-0.2, 0) is 41.8 Å². The van der Waals surface area contributed by atoms with E-state index in [1.54, 1.807) is 11.2 Å². The number of carbonyl (C=O) groups excluding carboxylic acids is 2. The quantitative estimate of drug-likeness (QED) is 0.0121. The first-order chi connectivity index (χ1) is 35.8. The number of esters is 2. The van der Waals surface area contributed by atoms with Crippen molar-refractivity contribution < 1.29 is 47.5 Å². The molecule has 0 amide bonds. The maximum Gasteiger partial charge on any atom is 0.330 e. The molecule has 0 radical (unpaired) electrons. The molecule has 2 heterocycles. The lowest BCUT2D eigenvalue weighted by molar-refractivity contribution is -0.138. The molecule has 376 valence electrons. The number of fused-ring (bicyclic) bond motifs is 3. The highest BCUT2D eigenvalue weighted by molar-refractivity contribution is 7.22. The number of rotatable bonds is 27. The summed E-state index contributed by atoms with van der Waals surface area (Å²) in [5, 5.41) is 9.41. The number of para-hydroxylation sites is 1. The standard InChI is InChI=1S/C59H59N3O10S/c1-3-57(63)68-31-8-30-66-49-21-18-45(19-22-49)44-15-11-41(12-16-44)39-70-51-24-26-53(48(36-51)37-60-62(27-32-69-58(64)4-2)59-61-52-9-5-6-10-56(52)73-59)71-40-42-13-17-47-35-50(23-20-46(47)33-42)67-29-7-28-65-38-43-14-25-54-55(34-43)72-54/h3-6,9-13,15-24,26,33,35-37,43,54-55H,1-2,7-8,14,25,27-32,34,38-40H2/b60-37+. The zero-order valence-electron chi connectivity index (χ0n) is 40.7. The van der Waals surface area contributed by atoms with Crippen LogP contribution in [0.15, 0.2) is 158 Å². The van der Waals surface area contributed by atoms with E-state index in [-0.39, 0.29) is 19.8 Å². The summed E-state index contributed by atoms with van der Waals surface area (Å²) in [6, 6.07) is 42.1. The molecule has 0 N–H and O–H groups in total. The van der Waals surface area contributed by atoms with Gasteiger partial charge in [-0.05, 0) is 119 Å². The van der Waals surface area contributed by atoms with Crippen molar-refractivity contribution in [2.75, 3.05) is 51.2 Å². The second-order valence-electron chi connectivity index (χ2n) is 17.8. The number of carbonyl (C=O) groups is 2. The molecule has 2 fully saturated rings. The van der Waals surface area contributed by atoms with Crippen molar-refractivity contribution in [3.8, 4) is 34.1 Å². The highest BCUT2D eigenvalue weighted by atomic mass is 32.1. The number of epoxide rings is 1. The summed E-state index contributed by atoms with van der Waals surface area (Å²) in [5.41, 5.74) is 5.61. The van der Waals surface area contributed by atoms with Crippen LogP contribution in [0.4, 0.5) is 5.13 Å². The summed E-state index contributed by atoms with van der Waals surface area (Å²) in [6.45, 7) is 10.7. The van der Waals surface area contributed by atoms with Gasteiger partial charge in [-0.15, -0.1) is 0 Å². The minimum absolute atomic E-state index is 0.0728. The van der Waals surface area contributed by atoms with Crippen molar-refractivity contribution in [1.82, 2.24) is 4.98 Å². The summed E-state index contributed by atoms with van der Waals surface area (Å²) < 4.78 is 47.8. The highest BCUT2D eigenvalue weighted by Gasteiger charge is 2.43. The van der Waals surface area contributed by atoms with Gasteiger partial charge in [0.15, 0.2) is 0 Å². The van der Waals surface area contributed by atoms with E-state index in [1.807, 2.05) is 84.9 Å². The molecule has 9 rings (SSSR count). The predicted octanol–water partition coefficient (Wildman–Crippen LogP) is 11.7. The molecule has 3 unspecified atom stereocenters. The normalized spacial score (nSPS) is 15.9. The van der Waals surface area contributed by atoms with Gasteiger partial charge in [-0.3, -0.25) is 0 Å². The molecule has 2 aliphatic rings. The number of aromatic nitrogens is 1. The molecule has 3 atom stereocenters. The third-order valence-corrected chi connectivity index (χ3v) is 13.5. The number of anilines is 1. The van der Waals surface area contributed by atoms with Gasteiger partial charge in [0, 0.05) is 43.8 Å². The van der Waals surface area contributed by atoms with Crippen LogP contribution in [0, 0.1) is 5.92 Å². The number of hydrazone groups is 1. The van der Waals surface area contributed by atoms with Gasteiger partial charge in [0.2, 0.25) is 5.13 Å². The fourth-order valence-electron chi connectivity index (χ4n) is 8.48. The van der Waals surface area contributed by atoms with Gasteiger partial charge in [-0.2, -0.15) is 5.10 Å². The smallest absolute Gasteiger partial charge is 0.330 e. The van der Waals surface area contributed by atoms with Crippen molar-refractivity contribution >= 4 is 55.6 Å². The van der Waals surface area contributed by atoms with E-state index in [1.165, 1.54) is 24.2 Å². The molecule has 1 aliphatic heterocycles. The van der Waals surface area contributed by atoms with Crippen LogP contribution in [-0.4, -0.2) is 81.5 Å². The number of hydrogen-bond acceptors (Lipinski definition) is 14. The molecule has 6 aromatic carbocycles. The lowest BCUT2D eigenvalue weighted by Crippen LogP contribution is -2.23. The van der Waals surface area contributed by atoms with Crippen molar-refractivity contribution in [3.05, 3.63) is 169 Å². The second-order valence-corrected chi connectivity index (χ2v) is 18.8. The number of nitrogens with zero attached hydrogens (tertiary/aromatic N) is 3. The molecule has 7 aromatic rings. The van der Waals surface area contributed by atoms with Crippen LogP contribution < -0.4 is 24.0 Å². The minimum Gasteiger partial charge on any atom is -0.493 e. The molecule has 73 heavy (non-hydrogen) atoms. The Hall–Kier alpha value is -7.52. The average molecular weight is 1000 g/mol. The zero-order valence-corrected chi connectivity index (χ0v) is 41.6. The number of thiazole rings is 1. The Kier molecular flexibility index (Phi) is 17.4. The topological polar surface area (TPSA) is 140 Å². The minimum atomic E-state index is -0.515. The maximum atomic E-state index is 12.0. The van der Waals surface area contributed by atoms with Gasteiger partial charge >= 0.3 is 11.9 Å². The fraction of sp³-hybridized carbons (Fsp3) is 0.288. The summed E-state index contributed by atoms with van der Waals surface area (Å²) in [6.07, 6.45) is 9.92. The zero-order chi connectivity index (χ0) is 50.2. The van der Waals surface area contributed by atoms with Crippen molar-refractivity contribution in [1.29, 1.82) is 0 Å². The fourth-order valence-corrected chi connectivity index (χ4v) is 9.43. The molecule has 13 nitrogen and oxygen atoms in total. The van der Waals surface area contributed by atoms with E-state index in [9.17, 15) is 9.59 Å². The summed E-state index contributed by atoms with van der Waals surface area (Å²) in [4.78, 5) is 28.0. The van der Waals surface area contributed by atoms with Gasteiger partial charge < -0.3 is 37.9 Å². The van der Waals surface area contributed by atoms with Crippen LogP contribution in [0.5, 0.6) is 23.0 Å². The highest BCUT2D eigenvalue weighted by Crippen LogP contribution is 2.39. The largest absolute Gasteiger partial charge is 0.493 e. The number of hydrogen-bond donors (Lipinski definition) is 0. The van der Waals surface area contributed by atoms with Gasteiger partial charge in [0.1, 0.15) is 42.8 Å². The van der Waals surface area contributed by atoms with Crippen LogP contribution in [0.3, 0.4) is 0 Å². The lowest BCUT2D eigenvalue weighted by Gasteiger charge is -2.18. The van der Waals surface area contributed by atoms with Crippen LogP contribution in [0.25, 0.3) is 32.1 Å². The Labute approximate surface area is 429 Å². The van der Waals surface area contributed by atoms with Crippen LogP contribution in [0.1, 0.15) is 48.8 Å². The van der Waals surface area contributed by atoms with Gasteiger partial charge in [0.05, 0.1) is 55.0 Å². The molecular formula is C59H59N3O10S. The molecule has 1 saturated carbocycles.